The molecule has 1 aliphatic heterocycles. The highest BCUT2D eigenvalue weighted by molar-refractivity contribution is 5.73. The molecule has 0 aliphatic carbocycles. The first kappa shape index (κ1) is 11.5. The molecule has 0 amide bonds. The minimum absolute atomic E-state index is 0.280. The van der Waals surface area contributed by atoms with Crippen LogP contribution in [0.1, 0.15) is 19.8 Å². The first-order valence-corrected chi connectivity index (χ1v) is 5.11. The Hall–Kier alpha value is -0.610. The van der Waals surface area contributed by atoms with E-state index in [-0.39, 0.29) is 6.61 Å². The Balaban J connectivity index is 2.53. The van der Waals surface area contributed by atoms with E-state index in [4.69, 9.17) is 9.84 Å². The molecule has 0 spiro atoms. The van der Waals surface area contributed by atoms with Gasteiger partial charge in [-0.15, -0.1) is 0 Å². The largest absolute Gasteiger partial charge is 0.480 e. The number of nitrogens with zero attached hydrogens (tertiary/aromatic N) is 1. The summed E-state index contributed by atoms with van der Waals surface area (Å²) in [4.78, 5) is 13.0. The fraction of sp³-hybridized carbons (Fsp3) is 0.900. The first-order valence-electron chi connectivity index (χ1n) is 5.11. The fourth-order valence-corrected chi connectivity index (χ4v) is 2.00. The molecular formula is C10H19NO3. The standard InChI is InChI=1S/C10H19NO3/c1-8-4-3-5-11(6-8)9(7-14-2)10(12)13/h8-9H,3-7H2,1-2H3,(H,12,13). The Morgan fingerprint density at radius 3 is 2.93 bits per heavy atom. The smallest absolute Gasteiger partial charge is 0.323 e. The average molecular weight is 201 g/mol. The van der Waals surface area contributed by atoms with Gasteiger partial charge in [-0.25, -0.2) is 0 Å². The van der Waals surface area contributed by atoms with Crippen molar-refractivity contribution in [3.05, 3.63) is 0 Å². The van der Waals surface area contributed by atoms with E-state index in [1.54, 1.807) is 7.11 Å². The molecule has 4 heteroatoms. The monoisotopic (exact) mass is 201 g/mol. The number of likely N-dealkylation sites (tertiary alicyclic amines) is 1. The molecule has 2 unspecified atom stereocenters. The van der Waals surface area contributed by atoms with Crippen LogP contribution in [0.3, 0.4) is 0 Å². The predicted molar refractivity (Wildman–Crippen MR) is 53.3 cm³/mol. The van der Waals surface area contributed by atoms with Crippen LogP contribution in [0.2, 0.25) is 0 Å². The van der Waals surface area contributed by atoms with E-state index in [0.717, 1.165) is 19.5 Å². The van der Waals surface area contributed by atoms with Crippen LogP contribution in [-0.2, 0) is 9.53 Å². The van der Waals surface area contributed by atoms with E-state index in [1.165, 1.54) is 6.42 Å². The highest BCUT2D eigenvalue weighted by Gasteiger charge is 2.28. The van der Waals surface area contributed by atoms with Crippen molar-refractivity contribution >= 4 is 5.97 Å². The van der Waals surface area contributed by atoms with Crippen LogP contribution in [0.15, 0.2) is 0 Å². The van der Waals surface area contributed by atoms with Gasteiger partial charge < -0.3 is 9.84 Å². The topological polar surface area (TPSA) is 49.8 Å². The lowest BCUT2D eigenvalue weighted by molar-refractivity contribution is -0.146. The molecule has 1 saturated heterocycles. The molecule has 0 aromatic rings. The zero-order valence-electron chi connectivity index (χ0n) is 8.90. The van der Waals surface area contributed by atoms with Gasteiger partial charge in [0.1, 0.15) is 6.04 Å². The highest BCUT2D eigenvalue weighted by Crippen LogP contribution is 2.17. The number of carboxylic acids is 1. The number of rotatable bonds is 4. The van der Waals surface area contributed by atoms with Crippen molar-refractivity contribution in [3.63, 3.8) is 0 Å². The van der Waals surface area contributed by atoms with Gasteiger partial charge >= 0.3 is 5.97 Å². The van der Waals surface area contributed by atoms with Gasteiger partial charge in [0.2, 0.25) is 0 Å². The third-order valence-electron chi connectivity index (χ3n) is 2.74. The lowest BCUT2D eigenvalue weighted by atomic mass is 9.99. The molecule has 0 saturated carbocycles. The number of carbonyl (C=O) groups is 1. The van der Waals surface area contributed by atoms with E-state index in [0.29, 0.717) is 5.92 Å². The third-order valence-corrected chi connectivity index (χ3v) is 2.74. The molecule has 0 aromatic heterocycles. The van der Waals surface area contributed by atoms with Gasteiger partial charge in [0.05, 0.1) is 6.61 Å². The average Bonchev–Trinajstić information content (AvgIpc) is 2.13. The predicted octanol–water partition coefficient (Wildman–Crippen LogP) is 0.818. The van der Waals surface area contributed by atoms with Crippen LogP contribution in [-0.4, -0.2) is 48.8 Å². The van der Waals surface area contributed by atoms with Crippen LogP contribution < -0.4 is 0 Å². The molecule has 1 heterocycles. The molecule has 1 rings (SSSR count). The number of hydrogen-bond acceptors (Lipinski definition) is 3. The summed E-state index contributed by atoms with van der Waals surface area (Å²) in [5.74, 6) is -0.177. The molecular weight excluding hydrogens is 182 g/mol. The van der Waals surface area contributed by atoms with Crippen molar-refractivity contribution in [2.75, 3.05) is 26.8 Å². The van der Waals surface area contributed by atoms with E-state index < -0.39 is 12.0 Å². The molecule has 1 N–H and O–H groups in total. The molecule has 14 heavy (non-hydrogen) atoms. The SMILES string of the molecule is COCC(C(=O)O)N1CCCC(C)C1. The summed E-state index contributed by atoms with van der Waals surface area (Å²) in [6.45, 7) is 4.20. The van der Waals surface area contributed by atoms with Gasteiger partial charge in [-0.05, 0) is 25.3 Å². The Bertz CT molecular complexity index is 196. The Morgan fingerprint density at radius 1 is 1.71 bits per heavy atom. The molecule has 1 aliphatic rings. The Labute approximate surface area is 84.8 Å². The number of ether oxygens (including phenoxy) is 1. The maximum absolute atomic E-state index is 11.0. The number of carboxylic acid groups (broad SMARTS) is 1. The van der Waals surface area contributed by atoms with E-state index in [9.17, 15) is 4.79 Å². The summed E-state index contributed by atoms with van der Waals surface area (Å²) in [5, 5.41) is 9.02. The maximum Gasteiger partial charge on any atom is 0.323 e. The van der Waals surface area contributed by atoms with Crippen molar-refractivity contribution in [1.29, 1.82) is 0 Å². The van der Waals surface area contributed by atoms with Crippen molar-refractivity contribution in [3.8, 4) is 0 Å². The molecule has 0 bridgehead atoms. The first-order chi connectivity index (χ1) is 6.65. The molecule has 1 fully saturated rings. The summed E-state index contributed by atoms with van der Waals surface area (Å²) in [7, 11) is 1.54. The van der Waals surface area contributed by atoms with Gasteiger partial charge in [-0.3, -0.25) is 9.69 Å². The quantitative estimate of drug-likeness (QED) is 0.731. The highest BCUT2D eigenvalue weighted by atomic mass is 16.5. The van der Waals surface area contributed by atoms with E-state index in [2.05, 4.69) is 6.92 Å². The number of methoxy groups -OCH3 is 1. The van der Waals surface area contributed by atoms with Gasteiger partial charge in [0.25, 0.3) is 0 Å². The Morgan fingerprint density at radius 2 is 2.43 bits per heavy atom. The summed E-state index contributed by atoms with van der Waals surface area (Å²) in [6.07, 6.45) is 2.30. The summed E-state index contributed by atoms with van der Waals surface area (Å²) in [5.41, 5.74) is 0. The van der Waals surface area contributed by atoms with Crippen molar-refractivity contribution in [2.45, 2.75) is 25.8 Å². The number of hydrogen-bond donors (Lipinski definition) is 1. The zero-order valence-corrected chi connectivity index (χ0v) is 8.90. The minimum atomic E-state index is -0.777. The summed E-state index contributed by atoms with van der Waals surface area (Å²) >= 11 is 0. The van der Waals surface area contributed by atoms with Crippen LogP contribution in [0.4, 0.5) is 0 Å². The summed E-state index contributed by atoms with van der Waals surface area (Å²) in [6, 6.07) is -0.470. The van der Waals surface area contributed by atoms with Crippen LogP contribution in [0, 0.1) is 5.92 Å². The molecule has 82 valence electrons. The lowest BCUT2D eigenvalue weighted by Crippen LogP contribution is -2.48. The second-order valence-electron chi connectivity index (χ2n) is 4.05. The van der Waals surface area contributed by atoms with Crippen LogP contribution in [0.25, 0.3) is 0 Å². The van der Waals surface area contributed by atoms with Gasteiger partial charge in [0, 0.05) is 13.7 Å². The summed E-state index contributed by atoms with van der Waals surface area (Å²) < 4.78 is 4.93. The Kier molecular flexibility index (Phi) is 4.35. The van der Waals surface area contributed by atoms with E-state index in [1.807, 2.05) is 4.90 Å². The lowest BCUT2D eigenvalue weighted by Gasteiger charge is -2.34. The van der Waals surface area contributed by atoms with Gasteiger partial charge in [0.15, 0.2) is 0 Å². The number of piperidine rings is 1. The third kappa shape index (κ3) is 2.96. The van der Waals surface area contributed by atoms with Gasteiger partial charge in [-0.2, -0.15) is 0 Å². The van der Waals surface area contributed by atoms with Crippen molar-refractivity contribution < 1.29 is 14.6 Å². The second-order valence-corrected chi connectivity index (χ2v) is 4.05. The molecule has 4 nitrogen and oxygen atoms in total. The van der Waals surface area contributed by atoms with Crippen molar-refractivity contribution in [1.82, 2.24) is 4.90 Å². The van der Waals surface area contributed by atoms with E-state index >= 15 is 0 Å². The van der Waals surface area contributed by atoms with Gasteiger partial charge in [-0.1, -0.05) is 6.92 Å². The normalized spacial score (nSPS) is 26.0. The fourth-order valence-electron chi connectivity index (χ4n) is 2.00. The van der Waals surface area contributed by atoms with Crippen LogP contribution >= 0.6 is 0 Å². The molecule has 0 aromatic carbocycles. The van der Waals surface area contributed by atoms with Crippen LogP contribution in [0.5, 0.6) is 0 Å². The van der Waals surface area contributed by atoms with Crippen molar-refractivity contribution in [2.24, 2.45) is 5.92 Å². The second kappa shape index (κ2) is 5.32. The molecule has 0 radical (unpaired) electrons. The molecule has 2 atom stereocenters. The minimum Gasteiger partial charge on any atom is -0.480 e. The maximum atomic E-state index is 11.0. The number of aliphatic carboxylic acids is 1. The zero-order chi connectivity index (χ0) is 10.6.